The van der Waals surface area contributed by atoms with Crippen LogP contribution in [0.25, 0.3) is 10.9 Å². The molecule has 0 bridgehead atoms. The molecule has 1 aromatic heterocycles. The van der Waals surface area contributed by atoms with Crippen molar-refractivity contribution in [2.24, 2.45) is 5.92 Å². The fourth-order valence-corrected chi connectivity index (χ4v) is 3.45. The molecule has 27 heavy (non-hydrogen) atoms. The Morgan fingerprint density at radius 1 is 1.30 bits per heavy atom. The second-order valence-corrected chi connectivity index (χ2v) is 6.98. The van der Waals surface area contributed by atoms with Crippen molar-refractivity contribution in [3.05, 3.63) is 40.9 Å². The number of rotatable bonds is 6. The topological polar surface area (TPSA) is 84.3 Å². The van der Waals surface area contributed by atoms with Gasteiger partial charge in [-0.25, -0.2) is 4.98 Å². The lowest BCUT2D eigenvalue weighted by Gasteiger charge is -2.32. The van der Waals surface area contributed by atoms with Crippen LogP contribution in [0.3, 0.4) is 0 Å². The van der Waals surface area contributed by atoms with E-state index < -0.39 is 0 Å². The molecule has 1 aliphatic rings. The molecule has 1 aliphatic heterocycles. The molecule has 1 unspecified atom stereocenters. The number of likely N-dealkylation sites (tertiary alicyclic amines) is 1. The average molecular weight is 370 g/mol. The predicted molar refractivity (Wildman–Crippen MR) is 103 cm³/mol. The van der Waals surface area contributed by atoms with Gasteiger partial charge in [0.2, 0.25) is 11.8 Å². The number of aromatic nitrogens is 2. The molecule has 1 aromatic carbocycles. The average Bonchev–Trinajstić information content (AvgIpc) is 2.71. The summed E-state index contributed by atoms with van der Waals surface area (Å²) >= 11 is 0. The number of carbonyl (C=O) groups excluding carboxylic acids is 2. The lowest BCUT2D eigenvalue weighted by molar-refractivity contribution is -0.135. The van der Waals surface area contributed by atoms with E-state index in [0.717, 1.165) is 19.3 Å². The van der Waals surface area contributed by atoms with E-state index in [-0.39, 0.29) is 29.7 Å². The van der Waals surface area contributed by atoms with Crippen LogP contribution in [0.4, 0.5) is 0 Å². The van der Waals surface area contributed by atoms with Crippen molar-refractivity contribution < 1.29 is 9.59 Å². The van der Waals surface area contributed by atoms with Gasteiger partial charge in [0.15, 0.2) is 0 Å². The molecule has 2 amide bonds. The Morgan fingerprint density at radius 3 is 2.93 bits per heavy atom. The highest BCUT2D eigenvalue weighted by Gasteiger charge is 2.27. The van der Waals surface area contributed by atoms with Gasteiger partial charge in [-0.2, -0.15) is 0 Å². The van der Waals surface area contributed by atoms with Gasteiger partial charge in [0.1, 0.15) is 0 Å². The molecular weight excluding hydrogens is 344 g/mol. The number of nitrogens with one attached hydrogen (secondary N) is 1. The number of para-hydroxylation sites is 1. The fraction of sp³-hybridized carbons (Fsp3) is 0.500. The van der Waals surface area contributed by atoms with Crippen LogP contribution in [-0.2, 0) is 16.1 Å². The molecule has 0 spiro atoms. The SMILES string of the molecule is CCCNC(=O)C1CCCN(C(=O)CCn2cnc3ccccc3c2=O)C1. The minimum atomic E-state index is -0.140. The smallest absolute Gasteiger partial charge is 0.261 e. The first-order chi connectivity index (χ1) is 13.1. The van der Waals surface area contributed by atoms with E-state index in [1.165, 1.54) is 10.9 Å². The van der Waals surface area contributed by atoms with Crippen LogP contribution < -0.4 is 10.9 Å². The maximum atomic E-state index is 12.6. The van der Waals surface area contributed by atoms with Crippen LogP contribution in [0.15, 0.2) is 35.4 Å². The van der Waals surface area contributed by atoms with Gasteiger partial charge in [-0.3, -0.25) is 19.0 Å². The van der Waals surface area contributed by atoms with Crippen LogP contribution in [0, 0.1) is 5.92 Å². The first-order valence-electron chi connectivity index (χ1n) is 9.60. The van der Waals surface area contributed by atoms with E-state index in [9.17, 15) is 14.4 Å². The molecule has 144 valence electrons. The molecule has 0 aliphatic carbocycles. The molecule has 7 heteroatoms. The first kappa shape index (κ1) is 19.1. The lowest BCUT2D eigenvalue weighted by atomic mass is 9.97. The van der Waals surface area contributed by atoms with Gasteiger partial charge < -0.3 is 10.2 Å². The Morgan fingerprint density at radius 2 is 2.11 bits per heavy atom. The second-order valence-electron chi connectivity index (χ2n) is 6.98. The Labute approximate surface area is 158 Å². The van der Waals surface area contributed by atoms with Crippen LogP contribution >= 0.6 is 0 Å². The number of aryl methyl sites for hydroxylation is 1. The number of nitrogens with zero attached hydrogens (tertiary/aromatic N) is 3. The monoisotopic (exact) mass is 370 g/mol. The molecule has 1 fully saturated rings. The summed E-state index contributed by atoms with van der Waals surface area (Å²) in [6, 6.07) is 7.18. The molecule has 3 rings (SSSR count). The third-order valence-electron chi connectivity index (χ3n) is 4.99. The van der Waals surface area contributed by atoms with Gasteiger partial charge in [0.05, 0.1) is 23.1 Å². The van der Waals surface area contributed by atoms with Crippen LogP contribution in [0.2, 0.25) is 0 Å². The van der Waals surface area contributed by atoms with Crippen LogP contribution in [0.5, 0.6) is 0 Å². The third-order valence-corrected chi connectivity index (χ3v) is 4.99. The molecule has 0 saturated carbocycles. The highest BCUT2D eigenvalue weighted by Crippen LogP contribution is 2.17. The molecule has 0 radical (unpaired) electrons. The van der Waals surface area contributed by atoms with Crippen molar-refractivity contribution in [2.75, 3.05) is 19.6 Å². The summed E-state index contributed by atoms with van der Waals surface area (Å²) < 4.78 is 1.48. The number of hydrogen-bond donors (Lipinski definition) is 1. The second kappa shape index (κ2) is 8.79. The van der Waals surface area contributed by atoms with E-state index in [4.69, 9.17) is 0 Å². The summed E-state index contributed by atoms with van der Waals surface area (Å²) in [7, 11) is 0. The van der Waals surface area contributed by atoms with Gasteiger partial charge in [-0.15, -0.1) is 0 Å². The van der Waals surface area contributed by atoms with Crippen molar-refractivity contribution in [3.63, 3.8) is 0 Å². The molecule has 1 N–H and O–H groups in total. The lowest BCUT2D eigenvalue weighted by Crippen LogP contribution is -2.45. The minimum Gasteiger partial charge on any atom is -0.356 e. The van der Waals surface area contributed by atoms with E-state index in [0.29, 0.717) is 37.1 Å². The zero-order chi connectivity index (χ0) is 19.2. The Kier molecular flexibility index (Phi) is 6.21. The third kappa shape index (κ3) is 4.53. The summed E-state index contributed by atoms with van der Waals surface area (Å²) in [5.74, 6) is -0.133. The zero-order valence-electron chi connectivity index (χ0n) is 15.7. The number of piperidine rings is 1. The van der Waals surface area contributed by atoms with Gasteiger partial charge in [0, 0.05) is 32.6 Å². The van der Waals surface area contributed by atoms with Crippen molar-refractivity contribution >= 4 is 22.7 Å². The van der Waals surface area contributed by atoms with E-state index in [2.05, 4.69) is 10.3 Å². The maximum Gasteiger partial charge on any atom is 0.261 e. The van der Waals surface area contributed by atoms with Crippen molar-refractivity contribution in [1.82, 2.24) is 19.8 Å². The number of benzene rings is 1. The molecular formula is C20H26N4O3. The van der Waals surface area contributed by atoms with Gasteiger partial charge in [-0.1, -0.05) is 19.1 Å². The minimum absolute atomic E-state index is 0.0250. The highest BCUT2D eigenvalue weighted by atomic mass is 16.2. The maximum absolute atomic E-state index is 12.6. The van der Waals surface area contributed by atoms with Crippen LogP contribution in [0.1, 0.15) is 32.6 Å². The Balaban J connectivity index is 1.60. The van der Waals surface area contributed by atoms with Crippen molar-refractivity contribution in [2.45, 2.75) is 39.2 Å². The molecule has 2 heterocycles. The zero-order valence-corrected chi connectivity index (χ0v) is 15.7. The van der Waals surface area contributed by atoms with E-state index in [1.54, 1.807) is 23.1 Å². The van der Waals surface area contributed by atoms with Gasteiger partial charge in [0.25, 0.3) is 5.56 Å². The van der Waals surface area contributed by atoms with E-state index >= 15 is 0 Å². The van der Waals surface area contributed by atoms with Gasteiger partial charge >= 0.3 is 0 Å². The van der Waals surface area contributed by atoms with Crippen molar-refractivity contribution in [1.29, 1.82) is 0 Å². The first-order valence-corrected chi connectivity index (χ1v) is 9.60. The fourth-order valence-electron chi connectivity index (χ4n) is 3.45. The molecule has 2 aromatic rings. The summed E-state index contributed by atoms with van der Waals surface area (Å²) in [5, 5.41) is 3.47. The Hall–Kier alpha value is -2.70. The standard InChI is InChI=1S/C20H26N4O3/c1-2-10-21-19(26)15-6-5-11-23(13-15)18(25)9-12-24-14-22-17-8-4-3-7-16(17)20(24)27/h3-4,7-8,14-15H,2,5-6,9-13H2,1H3,(H,21,26). The van der Waals surface area contributed by atoms with Crippen molar-refractivity contribution in [3.8, 4) is 0 Å². The van der Waals surface area contributed by atoms with E-state index in [1.807, 2.05) is 13.0 Å². The summed E-state index contributed by atoms with van der Waals surface area (Å²) in [6.07, 6.45) is 4.26. The number of amides is 2. The quantitative estimate of drug-likeness (QED) is 0.836. The van der Waals surface area contributed by atoms with Gasteiger partial charge in [-0.05, 0) is 31.4 Å². The highest BCUT2D eigenvalue weighted by molar-refractivity contribution is 5.81. The molecule has 7 nitrogen and oxygen atoms in total. The summed E-state index contributed by atoms with van der Waals surface area (Å²) in [4.78, 5) is 43.3. The number of hydrogen-bond acceptors (Lipinski definition) is 4. The Bertz CT molecular complexity index is 877. The molecule has 1 saturated heterocycles. The largest absolute Gasteiger partial charge is 0.356 e. The summed E-state index contributed by atoms with van der Waals surface area (Å²) in [6.45, 7) is 4.10. The predicted octanol–water partition coefficient (Wildman–Crippen LogP) is 1.55. The van der Waals surface area contributed by atoms with Crippen LogP contribution in [-0.4, -0.2) is 45.9 Å². The normalized spacial score (nSPS) is 17.1. The number of carbonyl (C=O) groups is 2. The number of fused-ring (bicyclic) bond motifs is 1. The summed E-state index contributed by atoms with van der Waals surface area (Å²) in [5.41, 5.74) is 0.519. The molecule has 1 atom stereocenters.